The topological polar surface area (TPSA) is 57.7 Å². The lowest BCUT2D eigenvalue weighted by Gasteiger charge is -2.34. The summed E-state index contributed by atoms with van der Waals surface area (Å²) < 4.78 is 52.7. The number of carbonyl (C=O) groups is 1. The monoisotopic (exact) mass is 426 g/mol. The second-order valence-electron chi connectivity index (χ2n) is 6.39. The third kappa shape index (κ3) is 5.30. The molecule has 1 fully saturated rings. The van der Waals surface area contributed by atoms with E-state index in [4.69, 9.17) is 0 Å². The van der Waals surface area contributed by atoms with Crippen molar-refractivity contribution in [3.05, 3.63) is 65.7 Å². The van der Waals surface area contributed by atoms with E-state index in [1.165, 1.54) is 10.4 Å². The van der Waals surface area contributed by atoms with Gasteiger partial charge in [-0.1, -0.05) is 30.3 Å². The van der Waals surface area contributed by atoms with Crippen LogP contribution in [0.25, 0.3) is 0 Å². The second-order valence-corrected chi connectivity index (χ2v) is 9.40. The molecule has 1 amide bonds. The number of sulfonamides is 1. The maximum absolute atomic E-state index is 13.2. The highest BCUT2D eigenvalue weighted by molar-refractivity contribution is 8.00. The summed E-state index contributed by atoms with van der Waals surface area (Å²) >= 11 is 1.12. The first kappa shape index (κ1) is 20.8. The molecule has 28 heavy (non-hydrogen) atoms. The minimum Gasteiger partial charge on any atom is -0.339 e. The third-order valence-electron chi connectivity index (χ3n) is 4.43. The number of hydrogen-bond acceptors (Lipinski definition) is 4. The second kappa shape index (κ2) is 9.02. The number of carbonyl (C=O) groups excluding carboxylic acids is 1. The van der Waals surface area contributed by atoms with Crippen LogP contribution in [0.4, 0.5) is 8.78 Å². The molecule has 0 radical (unpaired) electrons. The highest BCUT2D eigenvalue weighted by Crippen LogP contribution is 2.21. The number of amides is 1. The minimum atomic E-state index is -3.44. The van der Waals surface area contributed by atoms with Crippen molar-refractivity contribution in [2.24, 2.45) is 0 Å². The molecule has 3 rings (SSSR count). The molecule has 0 aliphatic carbocycles. The fourth-order valence-corrected chi connectivity index (χ4v) is 5.23. The van der Waals surface area contributed by atoms with Crippen LogP contribution in [0, 0.1) is 11.6 Å². The fourth-order valence-electron chi connectivity index (χ4n) is 2.89. The maximum atomic E-state index is 13.2. The summed E-state index contributed by atoms with van der Waals surface area (Å²) in [5.74, 6) is -2.01. The molecule has 0 atom stereocenters. The smallest absolute Gasteiger partial charge is 0.233 e. The van der Waals surface area contributed by atoms with Crippen molar-refractivity contribution in [3.8, 4) is 0 Å². The van der Waals surface area contributed by atoms with E-state index in [1.807, 2.05) is 6.07 Å². The molecule has 0 N–H and O–H groups in total. The zero-order chi connectivity index (χ0) is 20.1. The quantitative estimate of drug-likeness (QED) is 0.667. The van der Waals surface area contributed by atoms with Crippen LogP contribution in [0.15, 0.2) is 53.4 Å². The summed E-state index contributed by atoms with van der Waals surface area (Å²) in [6, 6.07) is 12.5. The SMILES string of the molecule is O=C(CSc1ccc(F)c(F)c1)N1CCN(S(=O)(=O)Cc2ccccc2)CC1. The van der Waals surface area contributed by atoms with Crippen LogP contribution in [0.2, 0.25) is 0 Å². The Labute approximate surface area is 167 Å². The van der Waals surface area contributed by atoms with Crippen molar-refractivity contribution in [2.75, 3.05) is 31.9 Å². The van der Waals surface area contributed by atoms with Crippen molar-refractivity contribution in [3.63, 3.8) is 0 Å². The molecular formula is C19H20F2N2O3S2. The Balaban J connectivity index is 1.50. The van der Waals surface area contributed by atoms with Crippen LogP contribution >= 0.6 is 11.8 Å². The molecule has 5 nitrogen and oxygen atoms in total. The Morgan fingerprint density at radius 1 is 0.964 bits per heavy atom. The minimum absolute atomic E-state index is 0.0617. The first-order valence-corrected chi connectivity index (χ1v) is 11.3. The van der Waals surface area contributed by atoms with Gasteiger partial charge in [0.15, 0.2) is 11.6 Å². The zero-order valence-corrected chi connectivity index (χ0v) is 16.7. The third-order valence-corrected chi connectivity index (χ3v) is 7.26. The van der Waals surface area contributed by atoms with Crippen LogP contribution < -0.4 is 0 Å². The van der Waals surface area contributed by atoms with Crippen LogP contribution in [0.3, 0.4) is 0 Å². The van der Waals surface area contributed by atoms with Crippen LogP contribution in [0.5, 0.6) is 0 Å². The molecular weight excluding hydrogens is 406 g/mol. The number of piperazine rings is 1. The molecule has 1 aliphatic heterocycles. The first-order valence-electron chi connectivity index (χ1n) is 8.72. The molecule has 0 unspecified atom stereocenters. The largest absolute Gasteiger partial charge is 0.339 e. The van der Waals surface area contributed by atoms with Gasteiger partial charge in [0.05, 0.1) is 11.5 Å². The molecule has 1 heterocycles. The highest BCUT2D eigenvalue weighted by Gasteiger charge is 2.28. The average Bonchev–Trinajstić information content (AvgIpc) is 2.69. The van der Waals surface area contributed by atoms with Gasteiger partial charge in [-0.25, -0.2) is 17.2 Å². The summed E-state index contributed by atoms with van der Waals surface area (Å²) in [4.78, 5) is 14.4. The van der Waals surface area contributed by atoms with Crippen LogP contribution in [0.1, 0.15) is 5.56 Å². The van der Waals surface area contributed by atoms with Gasteiger partial charge in [0.25, 0.3) is 0 Å². The van der Waals surface area contributed by atoms with E-state index in [1.54, 1.807) is 29.2 Å². The van der Waals surface area contributed by atoms with E-state index >= 15 is 0 Å². The Morgan fingerprint density at radius 3 is 2.29 bits per heavy atom. The Hall–Kier alpha value is -1.97. The number of thioether (sulfide) groups is 1. The predicted octanol–water partition coefficient (Wildman–Crippen LogP) is 2.73. The van der Waals surface area contributed by atoms with Gasteiger partial charge in [-0.2, -0.15) is 4.31 Å². The average molecular weight is 427 g/mol. The Bertz CT molecular complexity index is 931. The van der Waals surface area contributed by atoms with Gasteiger partial charge >= 0.3 is 0 Å². The van der Waals surface area contributed by atoms with E-state index < -0.39 is 21.7 Å². The number of halogens is 2. The Kier molecular flexibility index (Phi) is 6.69. The highest BCUT2D eigenvalue weighted by atomic mass is 32.2. The Morgan fingerprint density at radius 2 is 1.64 bits per heavy atom. The van der Waals surface area contributed by atoms with Crippen molar-refractivity contribution < 1.29 is 22.0 Å². The van der Waals surface area contributed by atoms with Crippen molar-refractivity contribution >= 4 is 27.7 Å². The predicted molar refractivity (Wildman–Crippen MR) is 104 cm³/mol. The molecule has 0 aromatic heterocycles. The van der Waals surface area contributed by atoms with Crippen molar-refractivity contribution in [1.29, 1.82) is 0 Å². The molecule has 1 aliphatic rings. The lowest BCUT2D eigenvalue weighted by molar-refractivity contribution is -0.129. The van der Waals surface area contributed by atoms with E-state index in [9.17, 15) is 22.0 Å². The van der Waals surface area contributed by atoms with Gasteiger partial charge in [0.2, 0.25) is 15.9 Å². The number of rotatable bonds is 6. The maximum Gasteiger partial charge on any atom is 0.233 e. The zero-order valence-electron chi connectivity index (χ0n) is 15.1. The van der Waals surface area contributed by atoms with E-state index in [-0.39, 0.29) is 30.5 Å². The van der Waals surface area contributed by atoms with Crippen molar-refractivity contribution in [1.82, 2.24) is 9.21 Å². The molecule has 150 valence electrons. The molecule has 0 spiro atoms. The van der Waals surface area contributed by atoms with Gasteiger partial charge in [-0.3, -0.25) is 4.79 Å². The van der Waals surface area contributed by atoms with E-state index in [0.717, 1.165) is 29.5 Å². The van der Waals surface area contributed by atoms with Crippen molar-refractivity contribution in [2.45, 2.75) is 10.6 Å². The van der Waals surface area contributed by atoms with Crippen LogP contribution in [-0.4, -0.2) is 55.5 Å². The summed E-state index contributed by atoms with van der Waals surface area (Å²) in [7, 11) is -3.44. The van der Waals surface area contributed by atoms with Gasteiger partial charge in [0, 0.05) is 31.1 Å². The molecule has 0 saturated carbocycles. The van der Waals surface area contributed by atoms with E-state index in [0.29, 0.717) is 18.0 Å². The van der Waals surface area contributed by atoms with E-state index in [2.05, 4.69) is 0 Å². The lowest BCUT2D eigenvalue weighted by atomic mass is 10.2. The standard InChI is InChI=1S/C19H20F2N2O3S2/c20-17-7-6-16(12-18(17)21)27-13-19(24)22-8-10-23(11-9-22)28(25,26)14-15-4-2-1-3-5-15/h1-7,12H,8-11,13-14H2. The summed E-state index contributed by atoms with van der Waals surface area (Å²) in [6.45, 7) is 1.11. The van der Waals surface area contributed by atoms with Gasteiger partial charge < -0.3 is 4.90 Å². The summed E-state index contributed by atoms with van der Waals surface area (Å²) in [5, 5.41) is 0. The van der Waals surface area contributed by atoms with Gasteiger partial charge in [-0.05, 0) is 23.8 Å². The first-order chi connectivity index (χ1) is 13.3. The molecule has 2 aromatic rings. The summed E-state index contributed by atoms with van der Waals surface area (Å²) in [5.41, 5.74) is 0.726. The molecule has 1 saturated heterocycles. The van der Waals surface area contributed by atoms with Gasteiger partial charge in [0.1, 0.15) is 0 Å². The molecule has 2 aromatic carbocycles. The fraction of sp³-hybridized carbons (Fsp3) is 0.316. The number of nitrogens with zero attached hydrogens (tertiary/aromatic N) is 2. The summed E-state index contributed by atoms with van der Waals surface area (Å²) in [6.07, 6.45) is 0. The molecule has 0 bridgehead atoms. The van der Waals surface area contributed by atoms with Crippen LogP contribution in [-0.2, 0) is 20.6 Å². The number of benzene rings is 2. The van der Waals surface area contributed by atoms with Gasteiger partial charge in [-0.15, -0.1) is 11.8 Å². The number of hydrogen-bond donors (Lipinski definition) is 0. The normalized spacial score (nSPS) is 15.6. The lowest BCUT2D eigenvalue weighted by Crippen LogP contribution is -2.51. The molecule has 9 heteroatoms.